The van der Waals surface area contributed by atoms with Crippen molar-refractivity contribution in [3.8, 4) is 0 Å². The van der Waals surface area contributed by atoms with E-state index in [1.807, 2.05) is 24.3 Å². The lowest BCUT2D eigenvalue weighted by atomic mass is 9.80. The summed E-state index contributed by atoms with van der Waals surface area (Å²) < 4.78 is 11.9. The van der Waals surface area contributed by atoms with Crippen LogP contribution in [0.2, 0.25) is 0 Å². The van der Waals surface area contributed by atoms with Crippen molar-refractivity contribution in [1.82, 2.24) is 0 Å². The molecule has 0 atom stereocenters. The van der Waals surface area contributed by atoms with E-state index in [-0.39, 0.29) is 7.12 Å². The van der Waals surface area contributed by atoms with Crippen molar-refractivity contribution in [3.05, 3.63) is 52.5 Å². The van der Waals surface area contributed by atoms with Gasteiger partial charge in [0.2, 0.25) is 0 Å². The monoisotopic (exact) mass is 298 g/mol. The Balaban J connectivity index is 2.21. The zero-order valence-corrected chi connectivity index (χ0v) is 9.65. The molecule has 1 heterocycles. The third-order valence-corrected chi connectivity index (χ3v) is 2.67. The second kappa shape index (κ2) is 3.69. The normalized spacial score (nSPS) is 15.4. The van der Waals surface area contributed by atoms with Crippen LogP contribution in [-0.2, 0) is 9.31 Å². The second-order valence-electron chi connectivity index (χ2n) is 2.97. The van der Waals surface area contributed by atoms with Crippen molar-refractivity contribution in [2.75, 3.05) is 0 Å². The predicted molar refractivity (Wildman–Crippen MR) is 65.0 cm³/mol. The van der Waals surface area contributed by atoms with E-state index in [2.05, 4.69) is 35.7 Å². The highest BCUT2D eigenvalue weighted by molar-refractivity contribution is 14.1. The molecule has 70 valence electrons. The highest BCUT2D eigenvalue weighted by atomic mass is 127. The Kier molecular flexibility index (Phi) is 2.54. The third-order valence-electron chi connectivity index (χ3n) is 1.95. The van der Waals surface area contributed by atoms with E-state index in [0.29, 0.717) is 11.5 Å². The van der Waals surface area contributed by atoms with E-state index in [9.17, 15) is 0 Å². The van der Waals surface area contributed by atoms with Crippen LogP contribution >= 0.6 is 22.6 Å². The summed E-state index contributed by atoms with van der Waals surface area (Å²) in [6, 6.07) is 7.95. The van der Waals surface area contributed by atoms with Crippen LogP contribution in [0, 0.1) is 3.57 Å². The van der Waals surface area contributed by atoms with Crippen LogP contribution in [0.5, 0.6) is 0 Å². The Bertz CT molecular complexity index is 370. The highest BCUT2D eigenvalue weighted by Crippen LogP contribution is 2.20. The molecular weight excluding hydrogens is 290 g/mol. The van der Waals surface area contributed by atoms with Crippen molar-refractivity contribution < 1.29 is 9.31 Å². The van der Waals surface area contributed by atoms with Gasteiger partial charge in [0.15, 0.2) is 0 Å². The maximum Gasteiger partial charge on any atom is 0.632 e. The zero-order valence-electron chi connectivity index (χ0n) is 7.50. The van der Waals surface area contributed by atoms with E-state index < -0.39 is 0 Å². The highest BCUT2D eigenvalue weighted by Gasteiger charge is 2.34. The van der Waals surface area contributed by atoms with Gasteiger partial charge in [0.05, 0.1) is 0 Å². The summed E-state index contributed by atoms with van der Waals surface area (Å²) in [7, 11) is -0.382. The molecule has 0 amide bonds. The molecule has 1 fully saturated rings. The van der Waals surface area contributed by atoms with Crippen LogP contribution in [-0.4, -0.2) is 7.12 Å². The first-order chi connectivity index (χ1) is 6.66. The minimum absolute atomic E-state index is 0.382. The summed E-state index contributed by atoms with van der Waals surface area (Å²) in [5, 5.41) is 0. The van der Waals surface area contributed by atoms with Gasteiger partial charge in [0.1, 0.15) is 11.5 Å². The topological polar surface area (TPSA) is 18.5 Å². The van der Waals surface area contributed by atoms with E-state index in [1.54, 1.807) is 0 Å². The predicted octanol–water partition coefficient (Wildman–Crippen LogP) is 2.06. The summed E-state index contributed by atoms with van der Waals surface area (Å²) in [4.78, 5) is 0. The van der Waals surface area contributed by atoms with E-state index in [0.717, 1.165) is 5.46 Å². The molecule has 4 heteroatoms. The Morgan fingerprint density at radius 3 is 2.00 bits per heavy atom. The van der Waals surface area contributed by atoms with Crippen LogP contribution in [0.1, 0.15) is 0 Å². The molecule has 1 aromatic carbocycles. The number of rotatable bonds is 1. The molecule has 2 rings (SSSR count). The second-order valence-corrected chi connectivity index (χ2v) is 4.21. The smallest absolute Gasteiger partial charge is 0.520 e. The van der Waals surface area contributed by atoms with Crippen LogP contribution in [0.15, 0.2) is 48.9 Å². The quantitative estimate of drug-likeness (QED) is 0.583. The Morgan fingerprint density at radius 2 is 1.50 bits per heavy atom. The lowest BCUT2D eigenvalue weighted by molar-refractivity contribution is 0.431. The minimum atomic E-state index is -0.382. The van der Waals surface area contributed by atoms with Crippen LogP contribution in [0.3, 0.4) is 0 Å². The van der Waals surface area contributed by atoms with E-state index >= 15 is 0 Å². The number of benzene rings is 1. The molecule has 0 aliphatic carbocycles. The van der Waals surface area contributed by atoms with E-state index in [1.165, 1.54) is 3.57 Å². The Hall–Kier alpha value is -0.905. The molecule has 1 aliphatic rings. The minimum Gasteiger partial charge on any atom is -0.520 e. The molecular formula is C10H8BIO2. The molecule has 0 saturated carbocycles. The Morgan fingerprint density at radius 1 is 1.00 bits per heavy atom. The average Bonchev–Trinajstić information content (AvgIpc) is 2.48. The van der Waals surface area contributed by atoms with Gasteiger partial charge >= 0.3 is 7.12 Å². The lowest BCUT2D eigenvalue weighted by Crippen LogP contribution is -2.30. The summed E-state index contributed by atoms with van der Waals surface area (Å²) in [5.74, 6) is 1.02. The summed E-state index contributed by atoms with van der Waals surface area (Å²) in [6.07, 6.45) is 0. The summed E-state index contributed by atoms with van der Waals surface area (Å²) in [5.41, 5.74) is 0.977. The van der Waals surface area contributed by atoms with Gasteiger partial charge in [0, 0.05) is 9.03 Å². The van der Waals surface area contributed by atoms with Gasteiger partial charge < -0.3 is 9.31 Å². The van der Waals surface area contributed by atoms with Crippen molar-refractivity contribution in [1.29, 1.82) is 0 Å². The van der Waals surface area contributed by atoms with E-state index in [4.69, 9.17) is 9.31 Å². The van der Waals surface area contributed by atoms with Crippen molar-refractivity contribution >= 4 is 35.2 Å². The van der Waals surface area contributed by atoms with Gasteiger partial charge in [-0.25, -0.2) is 0 Å². The van der Waals surface area contributed by atoms with Gasteiger partial charge in [-0.1, -0.05) is 25.3 Å². The SMILES string of the molecule is C=C1OB(c2ccc(I)cc2)OC1=C. The van der Waals surface area contributed by atoms with Gasteiger partial charge in [-0.3, -0.25) is 0 Å². The molecule has 2 nitrogen and oxygen atoms in total. The zero-order chi connectivity index (χ0) is 10.1. The van der Waals surface area contributed by atoms with Crippen LogP contribution in [0.4, 0.5) is 0 Å². The largest absolute Gasteiger partial charge is 0.632 e. The molecule has 0 N–H and O–H groups in total. The summed E-state index contributed by atoms with van der Waals surface area (Å²) in [6.45, 7) is 7.36. The van der Waals surface area contributed by atoms with Crippen LogP contribution < -0.4 is 5.46 Å². The first kappa shape index (κ1) is 9.64. The molecule has 0 spiro atoms. The van der Waals surface area contributed by atoms with Crippen LogP contribution in [0.25, 0.3) is 0 Å². The third kappa shape index (κ3) is 1.80. The standard InChI is InChI=1S/C10H8BIO2/c1-7-8(2)14-11(13-7)9-3-5-10(12)6-4-9/h3-6H,1-2H2. The molecule has 14 heavy (non-hydrogen) atoms. The number of hydrogen-bond donors (Lipinski definition) is 0. The fraction of sp³-hybridized carbons (Fsp3) is 0. The molecule has 0 bridgehead atoms. The first-order valence-electron chi connectivity index (χ1n) is 4.14. The number of halogens is 1. The molecule has 0 unspecified atom stereocenters. The van der Waals surface area contributed by atoms with Crippen molar-refractivity contribution in [3.63, 3.8) is 0 Å². The summed E-state index contributed by atoms with van der Waals surface area (Å²) >= 11 is 2.25. The van der Waals surface area contributed by atoms with Gasteiger partial charge in [-0.15, -0.1) is 0 Å². The fourth-order valence-corrected chi connectivity index (χ4v) is 1.53. The van der Waals surface area contributed by atoms with Gasteiger partial charge in [0.25, 0.3) is 0 Å². The number of hydrogen-bond acceptors (Lipinski definition) is 2. The maximum absolute atomic E-state index is 5.38. The first-order valence-corrected chi connectivity index (χ1v) is 5.21. The molecule has 0 aromatic heterocycles. The maximum atomic E-state index is 5.38. The average molecular weight is 298 g/mol. The van der Waals surface area contributed by atoms with Gasteiger partial charge in [-0.2, -0.15) is 0 Å². The Labute approximate surface area is 96.9 Å². The van der Waals surface area contributed by atoms with Gasteiger partial charge in [-0.05, 0) is 34.7 Å². The molecule has 1 aliphatic heterocycles. The molecule has 0 radical (unpaired) electrons. The van der Waals surface area contributed by atoms with Crippen molar-refractivity contribution in [2.24, 2.45) is 0 Å². The van der Waals surface area contributed by atoms with Crippen molar-refractivity contribution in [2.45, 2.75) is 0 Å². The lowest BCUT2D eigenvalue weighted by Gasteiger charge is -2.03. The fourth-order valence-electron chi connectivity index (χ4n) is 1.17. The molecule has 1 saturated heterocycles. The molecule has 1 aromatic rings.